The highest BCUT2D eigenvalue weighted by atomic mass is 31.3. The van der Waals surface area contributed by atoms with Gasteiger partial charge in [-0.15, -0.1) is 0 Å². The minimum absolute atomic E-state index is 0.0336. The van der Waals surface area contributed by atoms with Crippen LogP contribution in [0.2, 0.25) is 0 Å². The highest BCUT2D eigenvalue weighted by molar-refractivity contribution is 7.66. The molecule has 0 bridgehead atoms. The number of imidazole rings is 4. The van der Waals surface area contributed by atoms with Crippen molar-refractivity contribution in [3.63, 3.8) is 0 Å². The van der Waals surface area contributed by atoms with Gasteiger partial charge >= 0.3 is 36.9 Å². The van der Waals surface area contributed by atoms with Gasteiger partial charge in [0.05, 0.1) is 59.1 Å². The van der Waals surface area contributed by atoms with Gasteiger partial charge in [-0.25, -0.2) is 61.4 Å². The van der Waals surface area contributed by atoms with Crippen molar-refractivity contribution >= 4 is 101 Å². The lowest BCUT2D eigenvalue weighted by Gasteiger charge is -2.33. The van der Waals surface area contributed by atoms with E-state index in [4.69, 9.17) is 68.0 Å². The Bertz CT molecular complexity index is 4860. The molecule has 0 radical (unpaired) electrons. The number of rotatable bonds is 25. The van der Waals surface area contributed by atoms with Gasteiger partial charge in [-0.2, -0.15) is 14.5 Å². The fraction of sp³-hybridized carbons (Fsp3) is 0.535. The number of aliphatic hydroxyl groups excluding tert-OH is 3. The van der Waals surface area contributed by atoms with Gasteiger partial charge in [0, 0.05) is 7.11 Å². The lowest BCUT2D eigenvalue weighted by Crippen LogP contribution is -2.57. The van der Waals surface area contributed by atoms with Crippen molar-refractivity contribution in [2.75, 3.05) is 64.0 Å². The molecule has 8 aromatic rings. The first-order valence-corrected chi connectivity index (χ1v) is 35.3. The van der Waals surface area contributed by atoms with Crippen LogP contribution in [0.5, 0.6) is 0 Å². The number of aliphatic hydroxyl groups is 5. The molecule has 10 unspecified atom stereocenters. The van der Waals surface area contributed by atoms with Gasteiger partial charge in [0.15, 0.2) is 58.1 Å². The van der Waals surface area contributed by atoms with Gasteiger partial charge in [-0.3, -0.25) is 69.8 Å². The predicted octanol–water partition coefficient (Wildman–Crippen LogP) is -6.35. The first-order valence-electron chi connectivity index (χ1n) is 27.8. The maximum absolute atomic E-state index is 14.3. The number of nitrogens with one attached hydrogen (secondary N) is 3. The Morgan fingerprint density at radius 2 is 1.13 bits per heavy atom. The summed E-state index contributed by atoms with van der Waals surface area (Å²) in [5.74, 6) is -0.912. The second-order valence-electron chi connectivity index (χ2n) is 22.0. The molecule has 12 rings (SSSR count). The minimum atomic E-state index is -6.65. The third kappa shape index (κ3) is 13.6. The molecule has 0 amide bonds. The minimum Gasteiger partial charge on any atom is -0.756 e. The van der Waals surface area contributed by atoms with Crippen LogP contribution in [-0.2, 0) is 95.0 Å². The number of nitrogen functional groups attached to an aromatic ring is 3. The third-order valence-electron chi connectivity index (χ3n) is 15.6. The number of phosphoric acid groups is 5. The Morgan fingerprint density at radius 1 is 0.622 bits per heavy atom. The summed E-state index contributed by atoms with van der Waals surface area (Å²) in [5.41, 5.74) is 8.01. The Morgan fingerprint density at radius 3 is 1.79 bits per heavy atom. The molecule has 4 fully saturated rings. The Balaban J connectivity index is 0.753. The molecule has 50 nitrogen and oxygen atoms in total. The maximum atomic E-state index is 14.3. The van der Waals surface area contributed by atoms with Crippen LogP contribution in [0.25, 0.3) is 44.7 Å². The van der Waals surface area contributed by atoms with Gasteiger partial charge in [0.25, 0.3) is 35.8 Å². The van der Waals surface area contributed by atoms with Crippen LogP contribution in [0.15, 0.2) is 46.0 Å². The smallest absolute Gasteiger partial charge is 0.478 e. The van der Waals surface area contributed by atoms with Crippen molar-refractivity contribution in [3.8, 4) is 0 Å². The van der Waals surface area contributed by atoms with Crippen LogP contribution >= 0.6 is 39.1 Å². The van der Waals surface area contributed by atoms with Gasteiger partial charge in [0.1, 0.15) is 79.2 Å². The second-order valence-corrected chi connectivity index (χ2v) is 29.5. The summed E-state index contributed by atoms with van der Waals surface area (Å²) >= 11 is 0. The first-order chi connectivity index (χ1) is 45.9. The molecule has 534 valence electrons. The number of fused-ring (bicyclic) bond motifs is 4. The topological polar surface area (TPSA) is 714 Å². The highest BCUT2D eigenvalue weighted by Gasteiger charge is 2.63. The van der Waals surface area contributed by atoms with E-state index in [1.807, 2.05) is 0 Å². The van der Waals surface area contributed by atoms with Crippen LogP contribution in [0, 0.1) is 6.92 Å². The zero-order valence-corrected chi connectivity index (χ0v) is 54.3. The number of aromatic nitrogens is 16. The quantitative estimate of drug-likeness (QED) is 0.0187. The number of hydrogen-bond donors (Lipinski definition) is 15. The van der Waals surface area contributed by atoms with E-state index in [9.17, 15) is 87.2 Å². The zero-order chi connectivity index (χ0) is 70.7. The van der Waals surface area contributed by atoms with E-state index >= 15 is 0 Å². The molecule has 0 aromatic carbocycles. The number of phosphoric ester groups is 4. The van der Waals surface area contributed by atoms with Crippen molar-refractivity contribution in [2.45, 2.75) is 91.9 Å². The van der Waals surface area contributed by atoms with Crippen LogP contribution in [0.3, 0.4) is 0 Å². The van der Waals surface area contributed by atoms with Crippen molar-refractivity contribution in [1.29, 1.82) is 0 Å². The van der Waals surface area contributed by atoms with E-state index in [1.54, 1.807) is 0 Å². The van der Waals surface area contributed by atoms with Crippen LogP contribution in [0.4, 0.5) is 17.7 Å². The van der Waals surface area contributed by atoms with Gasteiger partial charge in [0.2, 0.25) is 18.2 Å². The highest BCUT2D eigenvalue weighted by Crippen LogP contribution is 2.66. The summed E-state index contributed by atoms with van der Waals surface area (Å²) in [4.78, 5) is 134. The second kappa shape index (κ2) is 26.0. The van der Waals surface area contributed by atoms with E-state index in [1.165, 1.54) is 14.0 Å². The fourth-order valence-corrected chi connectivity index (χ4v) is 16.5. The van der Waals surface area contributed by atoms with Crippen LogP contribution < -0.4 is 43.3 Å². The molecule has 18 N–H and O–H groups in total. The average molecular weight is 1490 g/mol. The Kier molecular flexibility index (Phi) is 18.9. The van der Waals surface area contributed by atoms with Crippen molar-refractivity contribution in [2.24, 2.45) is 7.05 Å². The molecule has 55 heteroatoms. The summed E-state index contributed by atoms with van der Waals surface area (Å²) < 4.78 is 141. The molecule has 0 aliphatic carbocycles. The average Bonchev–Trinajstić information content (AvgIpc) is 1.56. The third-order valence-corrected chi connectivity index (χ3v) is 21.7. The summed E-state index contributed by atoms with van der Waals surface area (Å²) in [6.07, 6.45) is -17.4. The SMILES string of the molecule is CO[C@H]1C(OP(=O)(O)OC[C@H]2O[C@@H](n3cnc4c(N)ncnc43)[C@@H](O)C2OP(=O)(O)OC[C@H]2O[C@@H](n3cnc4c(=O)[nH]c(C)nc43)[C@@H](O)C2O)[C@@H](COP(=O)(O)OP(=O)([O-])OP(=O)(O)OCC2(O)COCC2(O)n2c[n+](C)c3c(=O)[nH]c(N)nc32)O[C@H]1n1cnc2c(=O)[nH]c(N)nc21. The van der Waals surface area contributed by atoms with E-state index in [0.29, 0.717) is 0 Å². The summed E-state index contributed by atoms with van der Waals surface area (Å²) in [7, 11) is -28.1. The molecule has 4 aliphatic heterocycles. The number of hydrogen-bond acceptors (Lipinski definition) is 38. The first kappa shape index (κ1) is 71.1. The largest absolute Gasteiger partial charge is 0.756 e. The molecule has 0 spiro atoms. The number of methoxy groups -OCH3 is 1. The summed E-state index contributed by atoms with van der Waals surface area (Å²) in [6, 6.07) is 0. The Hall–Kier alpha value is -6.77. The van der Waals surface area contributed by atoms with Gasteiger partial charge in [-0.05, 0) is 6.92 Å². The van der Waals surface area contributed by atoms with Crippen molar-refractivity contribution < 1.29 is 137 Å². The normalized spacial score (nSPS) is 30.7. The fourth-order valence-electron chi connectivity index (χ4n) is 11.1. The van der Waals surface area contributed by atoms with Gasteiger partial charge in [-0.1, -0.05) is 0 Å². The lowest BCUT2D eigenvalue weighted by molar-refractivity contribution is -0.647. The van der Waals surface area contributed by atoms with E-state index in [2.05, 4.69) is 63.4 Å². The van der Waals surface area contributed by atoms with Crippen molar-refractivity contribution in [3.05, 3.63) is 68.5 Å². The number of aromatic amines is 3. The number of anilines is 3. The van der Waals surface area contributed by atoms with E-state index in [-0.39, 0.29) is 56.3 Å². The molecule has 4 aliphatic rings. The molecule has 4 saturated heterocycles. The van der Waals surface area contributed by atoms with Crippen molar-refractivity contribution in [1.82, 2.24) is 73.1 Å². The molecular formula is C43H56N19O31P5. The number of nitrogens with two attached hydrogens (primary N) is 3. The number of ether oxygens (including phenoxy) is 5. The van der Waals surface area contributed by atoms with E-state index in [0.717, 1.165) is 61.6 Å². The molecule has 19 atom stereocenters. The molecule has 98 heavy (non-hydrogen) atoms. The molecule has 8 aromatic heterocycles. The van der Waals surface area contributed by atoms with Crippen LogP contribution in [0.1, 0.15) is 24.5 Å². The zero-order valence-electron chi connectivity index (χ0n) is 49.8. The summed E-state index contributed by atoms with van der Waals surface area (Å²) in [5, 5.41) is 57.2. The lowest BCUT2D eigenvalue weighted by atomic mass is 9.94. The molecule has 0 saturated carbocycles. The van der Waals surface area contributed by atoms with Crippen LogP contribution in [-0.4, -0.2) is 225 Å². The van der Waals surface area contributed by atoms with E-state index < -0.39 is 192 Å². The number of nitrogens with zero attached hydrogens (tertiary/aromatic N) is 13. The molecular weight excluding hydrogens is 1430 g/mol. The Labute approximate surface area is 541 Å². The maximum Gasteiger partial charge on any atom is 0.478 e. The van der Waals surface area contributed by atoms with Gasteiger partial charge < -0.3 is 95.9 Å². The monoisotopic (exact) mass is 1490 g/mol. The number of aryl methyl sites for hydroxylation is 2. The standard InChI is InChI=1S/C43H56N19O31P5/c1-15-52-31-20(34(66)53-15)50-12-60(31)37-24(64)23(63)16(87-37)4-83-94(71,72)90-26-17(88-38(25(26)65)59-11-49-19-29(44)47-10-48-30(19)59)5-84-95(73,74)91-27-18(89-39(28(27)81-3)61-13-51-21-32(61)54-40(45)56-35(21)67)6-85-96(75,76)92-98(79,80)93-97(77,78)86-8-42(69)7-82-9-43(42,70)62-14-58(2)22-33(62)55-41(46)57-36(22)68/h10-14,16-18,23-28,37-39,63-65,69-70H,4-9H2,1-3H3,(H13-,44,45,46,47,48,52,53,54,55,56,57,66,67,68,71,72,73,74,75,76,77,78,79,80)/t16-,17-,18-,23?,24+,25+,26?,27?,28+,37-,38-,39-,42?,43?/m1/s1. The number of H-pyrrole nitrogens is 3. The summed E-state index contributed by atoms with van der Waals surface area (Å²) in [6.45, 7) is -5.55. The molecule has 12 heterocycles. The predicted molar refractivity (Wildman–Crippen MR) is 310 cm³/mol.